The van der Waals surface area contributed by atoms with Crippen LogP contribution in [0.5, 0.6) is 0 Å². The van der Waals surface area contributed by atoms with Crippen LogP contribution in [0, 0.1) is 0 Å². The first-order valence-electron chi connectivity index (χ1n) is 6.51. The molecule has 3 rings (SSSR count). The maximum absolute atomic E-state index is 4.39. The summed E-state index contributed by atoms with van der Waals surface area (Å²) >= 11 is 0. The third-order valence-electron chi connectivity index (χ3n) is 3.67. The predicted molar refractivity (Wildman–Crippen MR) is 73.3 cm³/mol. The Labute approximate surface area is 112 Å². The van der Waals surface area contributed by atoms with Crippen LogP contribution in [0.3, 0.4) is 0 Å². The number of nitrogens with one attached hydrogen (secondary N) is 1. The van der Waals surface area contributed by atoms with Crippen LogP contribution in [-0.2, 0) is 0 Å². The molecule has 6 nitrogen and oxygen atoms in total. The lowest BCUT2D eigenvalue weighted by atomic mass is 10.2. The molecule has 1 N–H and O–H groups in total. The van der Waals surface area contributed by atoms with Gasteiger partial charge in [-0.1, -0.05) is 0 Å². The quantitative estimate of drug-likeness (QED) is 0.895. The minimum absolute atomic E-state index is 0.450. The predicted octanol–water partition coefficient (Wildman–Crippen LogP) is 1.17. The molecule has 1 aliphatic rings. The molecule has 0 aliphatic carbocycles. The van der Waals surface area contributed by atoms with Crippen LogP contribution in [0.15, 0.2) is 31.0 Å². The van der Waals surface area contributed by atoms with Gasteiger partial charge in [0, 0.05) is 24.8 Å². The summed E-state index contributed by atoms with van der Waals surface area (Å²) in [7, 11) is 2.16. The topological polar surface area (TPSA) is 58.9 Å². The minimum atomic E-state index is 0.450. The largest absolute Gasteiger partial charge is 0.378 e. The van der Waals surface area contributed by atoms with Crippen LogP contribution in [0.25, 0.3) is 5.82 Å². The number of nitrogens with zero attached hydrogens (tertiary/aromatic N) is 5. The number of likely N-dealkylation sites (N-methyl/N-ethyl adjacent to an activating group) is 1. The third-order valence-corrected chi connectivity index (χ3v) is 3.67. The Morgan fingerprint density at radius 2 is 2.32 bits per heavy atom. The molecule has 6 heteroatoms. The van der Waals surface area contributed by atoms with Crippen LogP contribution in [0.2, 0.25) is 0 Å². The Kier molecular flexibility index (Phi) is 3.16. The van der Waals surface area contributed by atoms with E-state index in [1.165, 1.54) is 6.33 Å². The normalized spacial score (nSPS) is 23.7. The lowest BCUT2D eigenvalue weighted by molar-refractivity contribution is 0.330. The smallest absolute Gasteiger partial charge is 0.178 e. The molecule has 0 amide bonds. The van der Waals surface area contributed by atoms with Crippen LogP contribution >= 0.6 is 0 Å². The minimum Gasteiger partial charge on any atom is -0.378 e. The van der Waals surface area contributed by atoms with Gasteiger partial charge < -0.3 is 10.2 Å². The second kappa shape index (κ2) is 4.97. The van der Waals surface area contributed by atoms with Gasteiger partial charge in [-0.25, -0.2) is 14.6 Å². The van der Waals surface area contributed by atoms with Crippen molar-refractivity contribution in [3.63, 3.8) is 0 Å². The molecule has 0 radical (unpaired) electrons. The van der Waals surface area contributed by atoms with E-state index in [1.54, 1.807) is 17.2 Å². The van der Waals surface area contributed by atoms with E-state index >= 15 is 0 Å². The maximum Gasteiger partial charge on any atom is 0.178 e. The Balaban J connectivity index is 1.82. The van der Waals surface area contributed by atoms with Gasteiger partial charge in [0.05, 0.1) is 5.69 Å². The summed E-state index contributed by atoms with van der Waals surface area (Å²) in [5, 5.41) is 7.71. The van der Waals surface area contributed by atoms with E-state index in [1.807, 2.05) is 12.1 Å². The highest BCUT2D eigenvalue weighted by atomic mass is 15.3. The van der Waals surface area contributed by atoms with Crippen molar-refractivity contribution in [3.05, 3.63) is 31.0 Å². The van der Waals surface area contributed by atoms with Crippen molar-refractivity contribution in [3.8, 4) is 5.82 Å². The van der Waals surface area contributed by atoms with Crippen molar-refractivity contribution in [2.24, 2.45) is 0 Å². The van der Waals surface area contributed by atoms with Gasteiger partial charge in [-0.05, 0) is 32.5 Å². The van der Waals surface area contributed by atoms with Gasteiger partial charge in [0.1, 0.15) is 12.7 Å². The molecule has 1 aliphatic heterocycles. The number of rotatable bonds is 3. The highest BCUT2D eigenvalue weighted by Gasteiger charge is 2.26. The third kappa shape index (κ3) is 2.44. The van der Waals surface area contributed by atoms with Crippen LogP contribution in [-0.4, -0.2) is 50.3 Å². The molecule has 0 bridgehead atoms. The monoisotopic (exact) mass is 258 g/mol. The molecule has 19 heavy (non-hydrogen) atoms. The summed E-state index contributed by atoms with van der Waals surface area (Å²) in [5.74, 6) is 0.794. The number of hydrogen-bond donors (Lipinski definition) is 1. The summed E-state index contributed by atoms with van der Waals surface area (Å²) in [4.78, 5) is 10.7. The number of anilines is 1. The second-order valence-corrected chi connectivity index (χ2v) is 5.08. The molecule has 0 saturated carbocycles. The van der Waals surface area contributed by atoms with Crippen LogP contribution in [0.4, 0.5) is 5.69 Å². The summed E-state index contributed by atoms with van der Waals surface area (Å²) in [6.07, 6.45) is 6.09. The van der Waals surface area contributed by atoms with Crippen molar-refractivity contribution in [1.82, 2.24) is 24.6 Å². The van der Waals surface area contributed by atoms with E-state index in [0.717, 1.165) is 24.5 Å². The summed E-state index contributed by atoms with van der Waals surface area (Å²) in [5.41, 5.74) is 1.00. The second-order valence-electron chi connectivity index (χ2n) is 5.08. The Morgan fingerprint density at radius 3 is 3.00 bits per heavy atom. The fourth-order valence-corrected chi connectivity index (χ4v) is 2.53. The van der Waals surface area contributed by atoms with Crippen molar-refractivity contribution in [2.75, 3.05) is 18.9 Å². The van der Waals surface area contributed by atoms with E-state index in [9.17, 15) is 0 Å². The zero-order chi connectivity index (χ0) is 13.2. The summed E-state index contributed by atoms with van der Waals surface area (Å²) < 4.78 is 1.68. The summed E-state index contributed by atoms with van der Waals surface area (Å²) in [6, 6.07) is 5.04. The Morgan fingerprint density at radius 1 is 1.42 bits per heavy atom. The highest BCUT2D eigenvalue weighted by Crippen LogP contribution is 2.22. The first kappa shape index (κ1) is 12.1. The van der Waals surface area contributed by atoms with Gasteiger partial charge in [-0.2, -0.15) is 5.10 Å². The van der Waals surface area contributed by atoms with Gasteiger partial charge in [-0.3, -0.25) is 0 Å². The zero-order valence-electron chi connectivity index (χ0n) is 11.2. The van der Waals surface area contributed by atoms with Gasteiger partial charge in [0.2, 0.25) is 0 Å². The Hall–Kier alpha value is -1.95. The maximum atomic E-state index is 4.39. The van der Waals surface area contributed by atoms with Crippen LogP contribution < -0.4 is 5.32 Å². The average Bonchev–Trinajstić information content (AvgIpc) is 3.02. The van der Waals surface area contributed by atoms with E-state index < -0.39 is 0 Å². The van der Waals surface area contributed by atoms with Crippen molar-refractivity contribution in [2.45, 2.75) is 25.4 Å². The van der Waals surface area contributed by atoms with E-state index in [4.69, 9.17) is 0 Å². The standard InChI is InChI=1S/C13H18N6/c1-10-6-11(7-18(10)2)17-12-4-3-5-15-13(12)19-9-14-8-16-19/h3-5,8-11,17H,6-7H2,1-2H3. The Bertz CT molecular complexity index is 528. The first-order valence-corrected chi connectivity index (χ1v) is 6.51. The van der Waals surface area contributed by atoms with Gasteiger partial charge in [0.25, 0.3) is 0 Å². The lowest BCUT2D eigenvalue weighted by Gasteiger charge is -2.16. The fraction of sp³-hybridized carbons (Fsp3) is 0.462. The molecular formula is C13H18N6. The molecule has 2 aromatic heterocycles. The van der Waals surface area contributed by atoms with Gasteiger partial charge in [0.15, 0.2) is 5.82 Å². The highest BCUT2D eigenvalue weighted by molar-refractivity contribution is 5.56. The molecule has 2 aromatic rings. The molecule has 0 aromatic carbocycles. The molecule has 1 fully saturated rings. The van der Waals surface area contributed by atoms with Crippen molar-refractivity contribution in [1.29, 1.82) is 0 Å². The molecule has 3 heterocycles. The number of pyridine rings is 1. The zero-order valence-corrected chi connectivity index (χ0v) is 11.2. The van der Waals surface area contributed by atoms with Crippen LogP contribution in [0.1, 0.15) is 13.3 Å². The molecule has 2 unspecified atom stereocenters. The average molecular weight is 258 g/mol. The van der Waals surface area contributed by atoms with Gasteiger partial charge >= 0.3 is 0 Å². The number of hydrogen-bond acceptors (Lipinski definition) is 5. The molecular weight excluding hydrogens is 240 g/mol. The lowest BCUT2D eigenvalue weighted by Crippen LogP contribution is -2.25. The first-order chi connectivity index (χ1) is 9.24. The summed E-state index contributed by atoms with van der Waals surface area (Å²) in [6.45, 7) is 3.30. The molecule has 100 valence electrons. The van der Waals surface area contributed by atoms with E-state index in [0.29, 0.717) is 12.1 Å². The molecule has 2 atom stereocenters. The molecule has 1 saturated heterocycles. The number of aromatic nitrogens is 4. The van der Waals surface area contributed by atoms with Gasteiger partial charge in [-0.15, -0.1) is 0 Å². The van der Waals surface area contributed by atoms with Crippen molar-refractivity contribution >= 4 is 5.69 Å². The SMILES string of the molecule is CC1CC(Nc2cccnc2-n2cncn2)CN1C. The molecule has 0 spiro atoms. The fourth-order valence-electron chi connectivity index (χ4n) is 2.53. The van der Waals surface area contributed by atoms with E-state index in [2.05, 4.69) is 39.3 Å². The van der Waals surface area contributed by atoms with E-state index in [-0.39, 0.29) is 0 Å². The van der Waals surface area contributed by atoms with Crippen molar-refractivity contribution < 1.29 is 0 Å². The number of likely N-dealkylation sites (tertiary alicyclic amines) is 1.